The lowest BCUT2D eigenvalue weighted by molar-refractivity contribution is 0.228. The highest BCUT2D eigenvalue weighted by molar-refractivity contribution is 5.08. The zero-order chi connectivity index (χ0) is 8.97. The molecule has 0 aliphatic carbocycles. The summed E-state index contributed by atoms with van der Waals surface area (Å²) in [6, 6.07) is 1.82. The number of aliphatic hydroxyl groups is 1. The molecule has 1 unspecified atom stereocenters. The fourth-order valence-corrected chi connectivity index (χ4v) is 1.22. The second-order valence-corrected chi connectivity index (χ2v) is 3.07. The van der Waals surface area contributed by atoms with Crippen molar-refractivity contribution in [3.8, 4) is 0 Å². The van der Waals surface area contributed by atoms with Crippen molar-refractivity contribution in [3.05, 3.63) is 17.5 Å². The predicted octanol–water partition coefficient (Wildman–Crippen LogP) is 2.07. The molecule has 1 N–H and O–H groups in total. The van der Waals surface area contributed by atoms with E-state index in [2.05, 4.69) is 19.0 Å². The van der Waals surface area contributed by atoms with E-state index < -0.39 is 0 Å². The summed E-state index contributed by atoms with van der Waals surface area (Å²) in [6.45, 7) is 4.19. The summed E-state index contributed by atoms with van der Waals surface area (Å²) in [5.74, 6) is 0.979. The first-order valence-electron chi connectivity index (χ1n) is 4.34. The van der Waals surface area contributed by atoms with Crippen LogP contribution in [0.2, 0.25) is 0 Å². The van der Waals surface area contributed by atoms with Crippen LogP contribution in [0.5, 0.6) is 0 Å². The molecule has 1 atom stereocenters. The number of hydrogen-bond donors (Lipinski definition) is 1. The lowest BCUT2D eigenvalue weighted by Gasteiger charge is -2.03. The molecule has 3 nitrogen and oxygen atoms in total. The molecule has 0 fully saturated rings. The minimum Gasteiger partial charge on any atom is -0.388 e. The van der Waals surface area contributed by atoms with Crippen LogP contribution in [0, 0.1) is 0 Å². The third kappa shape index (κ3) is 2.08. The van der Waals surface area contributed by atoms with Crippen LogP contribution in [-0.2, 0) is 6.61 Å². The maximum atomic E-state index is 8.73. The Morgan fingerprint density at radius 3 is 2.92 bits per heavy atom. The third-order valence-electron chi connectivity index (χ3n) is 1.96. The van der Waals surface area contributed by atoms with Gasteiger partial charge < -0.3 is 9.63 Å². The summed E-state index contributed by atoms with van der Waals surface area (Å²) in [7, 11) is 0. The largest absolute Gasteiger partial charge is 0.388 e. The first-order valence-corrected chi connectivity index (χ1v) is 4.34. The fraction of sp³-hybridized carbons (Fsp3) is 0.667. The van der Waals surface area contributed by atoms with E-state index in [-0.39, 0.29) is 6.61 Å². The number of rotatable bonds is 4. The van der Waals surface area contributed by atoms with Crippen LogP contribution in [0.25, 0.3) is 0 Å². The van der Waals surface area contributed by atoms with Crippen LogP contribution in [-0.4, -0.2) is 10.3 Å². The Kier molecular flexibility index (Phi) is 3.29. The van der Waals surface area contributed by atoms with Crippen LogP contribution in [0.3, 0.4) is 0 Å². The first kappa shape index (κ1) is 9.26. The van der Waals surface area contributed by atoms with Crippen LogP contribution >= 0.6 is 0 Å². The second-order valence-electron chi connectivity index (χ2n) is 3.07. The van der Waals surface area contributed by atoms with Crippen molar-refractivity contribution in [2.45, 2.75) is 39.2 Å². The molecule has 3 heteroatoms. The van der Waals surface area contributed by atoms with Crippen molar-refractivity contribution in [1.29, 1.82) is 0 Å². The maximum absolute atomic E-state index is 8.73. The molecular formula is C9H15NO2. The highest BCUT2D eigenvalue weighted by Crippen LogP contribution is 2.19. The number of hydrogen-bond acceptors (Lipinski definition) is 3. The van der Waals surface area contributed by atoms with Crippen molar-refractivity contribution < 1.29 is 9.63 Å². The zero-order valence-electron chi connectivity index (χ0n) is 7.58. The molecule has 12 heavy (non-hydrogen) atoms. The predicted molar refractivity (Wildman–Crippen MR) is 45.7 cm³/mol. The van der Waals surface area contributed by atoms with Gasteiger partial charge in [0.25, 0.3) is 0 Å². The van der Waals surface area contributed by atoms with Gasteiger partial charge in [0.15, 0.2) is 5.76 Å². The van der Waals surface area contributed by atoms with Gasteiger partial charge in [-0.05, 0) is 6.42 Å². The van der Waals surface area contributed by atoms with E-state index in [9.17, 15) is 0 Å². The molecule has 68 valence electrons. The van der Waals surface area contributed by atoms with Crippen LogP contribution in [0.4, 0.5) is 0 Å². The van der Waals surface area contributed by atoms with Gasteiger partial charge in [0.1, 0.15) is 6.61 Å². The van der Waals surface area contributed by atoms with Crippen molar-refractivity contribution in [2.24, 2.45) is 0 Å². The monoisotopic (exact) mass is 169 g/mol. The molecule has 1 heterocycles. The highest BCUT2D eigenvalue weighted by Gasteiger charge is 2.09. The fourth-order valence-electron chi connectivity index (χ4n) is 1.22. The second kappa shape index (κ2) is 4.26. The Morgan fingerprint density at radius 1 is 1.67 bits per heavy atom. The lowest BCUT2D eigenvalue weighted by Crippen LogP contribution is -1.91. The van der Waals surface area contributed by atoms with Gasteiger partial charge in [-0.3, -0.25) is 0 Å². The average molecular weight is 169 g/mol. The van der Waals surface area contributed by atoms with E-state index in [0.29, 0.717) is 11.7 Å². The molecule has 0 aliphatic rings. The van der Waals surface area contributed by atoms with Crippen LogP contribution in [0.15, 0.2) is 10.6 Å². The Bertz CT molecular complexity index is 232. The molecule has 0 aromatic carbocycles. The van der Waals surface area contributed by atoms with Gasteiger partial charge >= 0.3 is 0 Å². The Labute approximate surface area is 72.4 Å². The van der Waals surface area contributed by atoms with Gasteiger partial charge in [0.2, 0.25) is 0 Å². The van der Waals surface area contributed by atoms with Crippen LogP contribution in [0.1, 0.15) is 44.1 Å². The molecular weight excluding hydrogens is 154 g/mol. The van der Waals surface area contributed by atoms with E-state index in [4.69, 9.17) is 9.63 Å². The minimum absolute atomic E-state index is 0.0636. The topological polar surface area (TPSA) is 46.3 Å². The number of aliphatic hydroxyl groups excluding tert-OH is 1. The summed E-state index contributed by atoms with van der Waals surface area (Å²) >= 11 is 0. The Hall–Kier alpha value is -0.830. The summed E-state index contributed by atoms with van der Waals surface area (Å²) in [4.78, 5) is 0. The SMILES string of the molecule is CCCC(C)c1cc(CO)on1. The standard InChI is InChI=1S/C9H15NO2/c1-3-4-7(2)9-5-8(6-11)12-10-9/h5,7,11H,3-4,6H2,1-2H3. The van der Waals surface area contributed by atoms with Gasteiger partial charge in [0, 0.05) is 12.0 Å². The third-order valence-corrected chi connectivity index (χ3v) is 1.96. The van der Waals surface area contributed by atoms with Crippen molar-refractivity contribution in [2.75, 3.05) is 0 Å². The molecule has 0 spiro atoms. The van der Waals surface area contributed by atoms with E-state index in [1.807, 2.05) is 6.07 Å². The molecule has 0 radical (unpaired) electrons. The van der Waals surface area contributed by atoms with Crippen molar-refractivity contribution >= 4 is 0 Å². The smallest absolute Gasteiger partial charge is 0.162 e. The molecule has 1 aromatic heterocycles. The van der Waals surface area contributed by atoms with Crippen molar-refractivity contribution in [3.63, 3.8) is 0 Å². The van der Waals surface area contributed by atoms with Gasteiger partial charge in [-0.1, -0.05) is 25.4 Å². The number of nitrogens with zero attached hydrogens (tertiary/aromatic N) is 1. The van der Waals surface area contributed by atoms with E-state index in [1.54, 1.807) is 0 Å². The minimum atomic E-state index is -0.0636. The average Bonchev–Trinajstić information content (AvgIpc) is 2.52. The van der Waals surface area contributed by atoms with Crippen LogP contribution < -0.4 is 0 Å². The Balaban J connectivity index is 2.61. The zero-order valence-corrected chi connectivity index (χ0v) is 7.58. The van der Waals surface area contributed by atoms with Crippen molar-refractivity contribution in [1.82, 2.24) is 5.16 Å². The summed E-state index contributed by atoms with van der Waals surface area (Å²) in [5, 5.41) is 12.6. The summed E-state index contributed by atoms with van der Waals surface area (Å²) < 4.78 is 4.88. The summed E-state index contributed by atoms with van der Waals surface area (Å²) in [5.41, 5.74) is 0.945. The van der Waals surface area contributed by atoms with E-state index in [0.717, 1.165) is 18.5 Å². The molecule has 0 saturated heterocycles. The molecule has 0 bridgehead atoms. The lowest BCUT2D eigenvalue weighted by atomic mass is 10.0. The van der Waals surface area contributed by atoms with Gasteiger partial charge in [-0.2, -0.15) is 0 Å². The van der Waals surface area contributed by atoms with E-state index in [1.165, 1.54) is 0 Å². The van der Waals surface area contributed by atoms with Gasteiger partial charge in [0.05, 0.1) is 5.69 Å². The highest BCUT2D eigenvalue weighted by atomic mass is 16.5. The molecule has 0 amide bonds. The first-order chi connectivity index (χ1) is 5.77. The maximum Gasteiger partial charge on any atom is 0.162 e. The summed E-state index contributed by atoms with van der Waals surface area (Å²) in [6.07, 6.45) is 2.25. The molecule has 1 rings (SSSR count). The molecule has 1 aromatic rings. The Morgan fingerprint density at radius 2 is 2.42 bits per heavy atom. The molecule has 0 saturated carbocycles. The van der Waals surface area contributed by atoms with E-state index >= 15 is 0 Å². The van der Waals surface area contributed by atoms with Gasteiger partial charge in [-0.25, -0.2) is 0 Å². The molecule has 0 aliphatic heterocycles. The quantitative estimate of drug-likeness (QED) is 0.750. The number of aromatic nitrogens is 1. The van der Waals surface area contributed by atoms with Gasteiger partial charge in [-0.15, -0.1) is 0 Å². The normalized spacial score (nSPS) is 13.2.